The maximum absolute atomic E-state index is 16.2. The number of benzene rings is 3. The van der Waals surface area contributed by atoms with Crippen LogP contribution in [0.2, 0.25) is 0 Å². The molecule has 6 aromatic rings. The van der Waals surface area contributed by atoms with Gasteiger partial charge in [-0.2, -0.15) is 4.98 Å². The number of piperidine rings is 1. The molecule has 0 radical (unpaired) electrons. The summed E-state index contributed by atoms with van der Waals surface area (Å²) in [5.41, 5.74) is 7.09. The summed E-state index contributed by atoms with van der Waals surface area (Å²) in [6, 6.07) is 21.3. The summed E-state index contributed by atoms with van der Waals surface area (Å²) in [7, 11) is 0. The summed E-state index contributed by atoms with van der Waals surface area (Å²) >= 11 is 0. The van der Waals surface area contributed by atoms with E-state index in [0.717, 1.165) is 75.6 Å². The number of amides is 4. The summed E-state index contributed by atoms with van der Waals surface area (Å²) in [6.07, 6.45) is 4.05. The number of carbonyl (C=O) groups excluding carboxylic acids is 3. The third kappa shape index (κ3) is 8.78. The van der Waals surface area contributed by atoms with Crippen molar-refractivity contribution in [2.75, 3.05) is 67.1 Å². The van der Waals surface area contributed by atoms with Gasteiger partial charge in [0.1, 0.15) is 17.8 Å². The summed E-state index contributed by atoms with van der Waals surface area (Å²) in [5.74, 6) is -0.195. The van der Waals surface area contributed by atoms with Crippen LogP contribution in [-0.4, -0.2) is 100 Å². The van der Waals surface area contributed by atoms with Gasteiger partial charge in [-0.15, -0.1) is 0 Å². The molecule has 0 unspecified atom stereocenters. The van der Waals surface area contributed by atoms with Crippen molar-refractivity contribution in [3.63, 3.8) is 0 Å². The fourth-order valence-electron chi connectivity index (χ4n) is 9.05. The highest BCUT2D eigenvalue weighted by molar-refractivity contribution is 6.05. The molecule has 3 aliphatic heterocycles. The van der Waals surface area contributed by atoms with Crippen molar-refractivity contribution < 1.29 is 23.3 Å². The number of carbonyl (C=O) groups is 3. The Hall–Kier alpha value is -6.68. The predicted molar refractivity (Wildman–Crippen MR) is 244 cm³/mol. The normalized spacial score (nSPS) is 17.2. The van der Waals surface area contributed by atoms with E-state index in [2.05, 4.69) is 86.8 Å². The Morgan fingerprint density at radius 3 is 2.23 bits per heavy atom. The molecule has 3 fully saturated rings. The quantitative estimate of drug-likeness (QED) is 0.126. The van der Waals surface area contributed by atoms with E-state index >= 15 is 4.39 Å². The molecule has 3 N–H and O–H groups in total. The number of fused-ring (bicyclic) bond motifs is 1. The summed E-state index contributed by atoms with van der Waals surface area (Å²) in [6.45, 7) is 16.7. The summed E-state index contributed by atoms with van der Waals surface area (Å²) < 4.78 is 21.5. The van der Waals surface area contributed by atoms with E-state index in [4.69, 9.17) is 4.52 Å². The van der Waals surface area contributed by atoms with Crippen molar-refractivity contribution in [1.29, 1.82) is 0 Å². The second kappa shape index (κ2) is 17.5. The molecule has 6 heterocycles. The summed E-state index contributed by atoms with van der Waals surface area (Å²) in [4.78, 5) is 62.5. The number of aromatic nitrogens is 5. The van der Waals surface area contributed by atoms with E-state index in [-0.39, 0.29) is 17.8 Å². The Morgan fingerprint density at radius 2 is 1.56 bits per heavy atom. The third-order valence-corrected chi connectivity index (χ3v) is 12.8. The maximum atomic E-state index is 16.2. The van der Waals surface area contributed by atoms with Crippen LogP contribution in [0.25, 0.3) is 33.5 Å². The molecule has 3 aromatic carbocycles. The van der Waals surface area contributed by atoms with Crippen LogP contribution in [-0.2, 0) is 10.2 Å². The average Bonchev–Trinajstić information content (AvgIpc) is 3.98. The first-order valence-corrected chi connectivity index (χ1v) is 22.1. The molecule has 332 valence electrons. The number of hydrogen-bond donors (Lipinski definition) is 3. The van der Waals surface area contributed by atoms with E-state index in [1.807, 2.05) is 45.0 Å². The van der Waals surface area contributed by atoms with Crippen molar-refractivity contribution >= 4 is 45.9 Å². The number of nitrogens with one attached hydrogen (secondary N) is 3. The Balaban J connectivity index is 0.781. The molecule has 1 atom stereocenters. The van der Waals surface area contributed by atoms with Crippen LogP contribution in [0.15, 0.2) is 77.6 Å². The van der Waals surface area contributed by atoms with Crippen molar-refractivity contribution in [2.24, 2.45) is 5.92 Å². The van der Waals surface area contributed by atoms with Crippen molar-refractivity contribution in [2.45, 2.75) is 65.3 Å². The number of anilines is 3. The van der Waals surface area contributed by atoms with Gasteiger partial charge in [-0.3, -0.25) is 24.7 Å². The van der Waals surface area contributed by atoms with Gasteiger partial charge in [-0.05, 0) is 97.8 Å². The highest BCUT2D eigenvalue weighted by Gasteiger charge is 2.28. The minimum atomic E-state index is -0.522. The van der Waals surface area contributed by atoms with Gasteiger partial charge in [-0.1, -0.05) is 44.1 Å². The lowest BCUT2D eigenvalue weighted by atomic mass is 9.95. The Bertz CT molecular complexity index is 2670. The number of imide groups is 1. The number of halogens is 1. The lowest BCUT2D eigenvalue weighted by Gasteiger charge is -2.40. The molecule has 0 spiro atoms. The maximum Gasteiger partial charge on any atom is 0.328 e. The molecule has 4 amide bonds. The van der Waals surface area contributed by atoms with Crippen LogP contribution in [0.5, 0.6) is 0 Å². The lowest BCUT2D eigenvalue weighted by molar-refractivity contribution is -0.120. The number of piperazine rings is 1. The molecule has 9 rings (SSSR count). The number of aromatic amines is 1. The monoisotopic (exact) mass is 867 g/mol. The van der Waals surface area contributed by atoms with E-state index in [1.165, 1.54) is 17.7 Å². The smallest absolute Gasteiger partial charge is 0.328 e. The van der Waals surface area contributed by atoms with Crippen LogP contribution in [0.3, 0.4) is 0 Å². The van der Waals surface area contributed by atoms with Gasteiger partial charge in [0.05, 0.1) is 11.7 Å². The number of nitrogens with zero attached hydrogens (tertiary/aromatic N) is 8. The molecule has 16 heteroatoms. The molecule has 3 aromatic heterocycles. The zero-order valence-electron chi connectivity index (χ0n) is 36.9. The van der Waals surface area contributed by atoms with Crippen LogP contribution < -0.4 is 25.3 Å². The van der Waals surface area contributed by atoms with Gasteiger partial charge < -0.3 is 24.6 Å². The predicted octanol–water partition coefficient (Wildman–Crippen LogP) is 7.40. The van der Waals surface area contributed by atoms with Crippen LogP contribution in [0.1, 0.15) is 80.6 Å². The molecule has 3 saturated heterocycles. The topological polar surface area (TPSA) is 169 Å². The molecule has 3 aliphatic rings. The molecule has 64 heavy (non-hydrogen) atoms. The largest absolute Gasteiger partial charge is 0.372 e. The molecule has 0 aliphatic carbocycles. The van der Waals surface area contributed by atoms with E-state index in [0.29, 0.717) is 58.2 Å². The average molecular weight is 868 g/mol. The Labute approximate surface area is 371 Å². The fraction of sp³-hybridized carbons (Fsp3) is 0.396. The number of hydrogen-bond acceptors (Lipinski definition) is 11. The van der Waals surface area contributed by atoms with Gasteiger partial charge in [0.2, 0.25) is 11.8 Å². The van der Waals surface area contributed by atoms with E-state index < -0.39 is 23.2 Å². The fourth-order valence-corrected chi connectivity index (χ4v) is 9.05. The second-order valence-corrected chi connectivity index (χ2v) is 18.2. The van der Waals surface area contributed by atoms with Crippen molar-refractivity contribution in [3.8, 4) is 22.5 Å². The summed E-state index contributed by atoms with van der Waals surface area (Å²) in [5, 5.41) is 9.81. The lowest BCUT2D eigenvalue weighted by Crippen LogP contribution is -2.49. The van der Waals surface area contributed by atoms with Crippen molar-refractivity contribution in [3.05, 3.63) is 102 Å². The van der Waals surface area contributed by atoms with Crippen LogP contribution in [0, 0.1) is 18.7 Å². The van der Waals surface area contributed by atoms with Crippen molar-refractivity contribution in [1.82, 2.24) is 40.6 Å². The van der Waals surface area contributed by atoms with Crippen LogP contribution in [0.4, 0.5) is 26.2 Å². The standard InChI is InChI=1S/C48H54FN11O4/c1-29-36(30(2)52-45(62)44-55-46(64-56-44)48(3,4)5)14-15-37(41(29)49)42-38-26-39(53-43(38)51-28-50-42)32-6-8-33(9-7-32)59-24-22-57(23-25-59)27-31-16-19-58(20-17-31)34-10-12-35(13-11-34)60-21-18-40(61)54-47(60)63/h6-15,26,28,30-31H,16-25,27H2,1-5H3,(H,52,62)(H,50,51,53)(H,54,61,63)/t30-/m1/s1. The zero-order chi connectivity index (χ0) is 44.7. The molecular formula is C48H54FN11O4. The van der Waals surface area contributed by atoms with Gasteiger partial charge >= 0.3 is 6.03 Å². The molecule has 0 bridgehead atoms. The number of urea groups is 1. The first-order valence-electron chi connectivity index (χ1n) is 22.1. The first kappa shape index (κ1) is 42.6. The second-order valence-electron chi connectivity index (χ2n) is 18.2. The SMILES string of the molecule is Cc1c([C@@H](C)NC(=O)c2noc(C(C)(C)C)n2)ccc(-c2ncnc3[nH]c(-c4ccc(N5CCN(CC6CCN(c7ccc(N8CCC(=O)NC8=O)cc7)CC6)CC5)cc4)cc23)c1F. The minimum absolute atomic E-state index is 0.0682. The third-order valence-electron chi connectivity index (χ3n) is 12.8. The van der Waals surface area contributed by atoms with Gasteiger partial charge in [0, 0.05) is 97.9 Å². The zero-order valence-corrected chi connectivity index (χ0v) is 36.9. The number of rotatable bonds is 10. The highest BCUT2D eigenvalue weighted by Crippen LogP contribution is 2.35. The van der Waals surface area contributed by atoms with E-state index in [9.17, 15) is 14.4 Å². The van der Waals surface area contributed by atoms with E-state index in [1.54, 1.807) is 24.8 Å². The Morgan fingerprint density at radius 1 is 0.891 bits per heavy atom. The van der Waals surface area contributed by atoms with Crippen LogP contribution >= 0.6 is 0 Å². The minimum Gasteiger partial charge on any atom is -0.372 e. The molecular weight excluding hydrogens is 814 g/mol. The number of H-pyrrole nitrogens is 1. The first-order chi connectivity index (χ1) is 30.8. The van der Waals surface area contributed by atoms with Gasteiger partial charge in [-0.25, -0.2) is 19.2 Å². The van der Waals surface area contributed by atoms with Gasteiger partial charge in [0.25, 0.3) is 11.7 Å². The molecule has 0 saturated carbocycles. The Kier molecular flexibility index (Phi) is 11.6. The molecule has 15 nitrogen and oxygen atoms in total. The van der Waals surface area contributed by atoms with Gasteiger partial charge in [0.15, 0.2) is 0 Å². The highest BCUT2D eigenvalue weighted by atomic mass is 19.1.